The smallest absolute Gasteiger partial charge is 0.125 e. The molecule has 3 heteroatoms. The minimum absolute atomic E-state index is 0.563. The summed E-state index contributed by atoms with van der Waals surface area (Å²) in [7, 11) is 0. The number of fused-ring (bicyclic) bond motifs is 1. The van der Waals surface area contributed by atoms with Crippen molar-refractivity contribution in [2.24, 2.45) is 5.92 Å². The molecule has 0 spiro atoms. The Morgan fingerprint density at radius 3 is 2.89 bits per heavy atom. The van der Waals surface area contributed by atoms with E-state index < -0.39 is 0 Å². The summed E-state index contributed by atoms with van der Waals surface area (Å²) in [4.78, 5) is 0. The summed E-state index contributed by atoms with van der Waals surface area (Å²) in [5, 5.41) is 4.31. The Labute approximate surface area is 121 Å². The maximum atomic E-state index is 6.20. The molecule has 1 heterocycles. The highest BCUT2D eigenvalue weighted by atomic mass is 35.5. The highest BCUT2D eigenvalue weighted by Gasteiger charge is 2.19. The molecule has 2 unspecified atom stereocenters. The van der Waals surface area contributed by atoms with Gasteiger partial charge in [0.2, 0.25) is 0 Å². The van der Waals surface area contributed by atoms with Crippen LogP contribution in [0.15, 0.2) is 12.1 Å². The van der Waals surface area contributed by atoms with Gasteiger partial charge in [0.25, 0.3) is 0 Å². The van der Waals surface area contributed by atoms with Crippen LogP contribution in [-0.2, 0) is 12.8 Å². The van der Waals surface area contributed by atoms with Crippen molar-refractivity contribution in [1.82, 2.24) is 5.32 Å². The molecule has 1 aliphatic heterocycles. The number of rotatable bonds is 6. The van der Waals surface area contributed by atoms with Gasteiger partial charge >= 0.3 is 0 Å². The molecule has 2 rings (SSSR count). The molecule has 1 aromatic carbocycles. The summed E-state index contributed by atoms with van der Waals surface area (Å²) in [5.74, 6) is 1.72. The van der Waals surface area contributed by atoms with E-state index in [0.29, 0.717) is 12.0 Å². The molecular formula is C16H24ClNO. The van der Waals surface area contributed by atoms with Crippen LogP contribution in [0.5, 0.6) is 5.75 Å². The first kappa shape index (κ1) is 14.7. The summed E-state index contributed by atoms with van der Waals surface area (Å²) in [6.07, 6.45) is 3.21. The van der Waals surface area contributed by atoms with Crippen LogP contribution in [0.1, 0.15) is 38.3 Å². The molecule has 0 amide bonds. The second-order valence-electron chi connectivity index (χ2n) is 5.66. The first-order valence-corrected chi connectivity index (χ1v) is 7.65. The van der Waals surface area contributed by atoms with Crippen molar-refractivity contribution in [2.75, 3.05) is 13.2 Å². The van der Waals surface area contributed by atoms with Gasteiger partial charge in [0.1, 0.15) is 5.75 Å². The van der Waals surface area contributed by atoms with E-state index in [9.17, 15) is 0 Å². The van der Waals surface area contributed by atoms with Crippen molar-refractivity contribution in [3.63, 3.8) is 0 Å². The van der Waals surface area contributed by atoms with Crippen molar-refractivity contribution in [2.45, 2.75) is 46.1 Å². The topological polar surface area (TPSA) is 21.3 Å². The zero-order chi connectivity index (χ0) is 13.8. The van der Waals surface area contributed by atoms with Crippen molar-refractivity contribution >= 4 is 11.6 Å². The average Bonchev–Trinajstić information content (AvgIpc) is 2.76. The number of halogens is 1. The molecule has 0 radical (unpaired) electrons. The zero-order valence-electron chi connectivity index (χ0n) is 12.1. The average molecular weight is 282 g/mol. The second kappa shape index (κ2) is 6.62. The lowest BCUT2D eigenvalue weighted by Gasteiger charge is -2.19. The molecule has 0 saturated heterocycles. The van der Waals surface area contributed by atoms with E-state index in [1.54, 1.807) is 0 Å². The van der Waals surface area contributed by atoms with Crippen molar-refractivity contribution < 1.29 is 4.74 Å². The lowest BCUT2D eigenvalue weighted by atomic mass is 9.93. The van der Waals surface area contributed by atoms with Gasteiger partial charge in [0, 0.05) is 17.5 Å². The maximum absolute atomic E-state index is 6.20. The molecule has 0 aromatic heterocycles. The summed E-state index contributed by atoms with van der Waals surface area (Å²) >= 11 is 6.20. The van der Waals surface area contributed by atoms with Crippen LogP contribution in [0.3, 0.4) is 0 Å². The quantitative estimate of drug-likeness (QED) is 0.855. The zero-order valence-corrected chi connectivity index (χ0v) is 12.9. The molecule has 0 fully saturated rings. The number of ether oxygens (including phenoxy) is 1. The number of hydrogen-bond acceptors (Lipinski definition) is 2. The molecule has 2 nitrogen and oxygen atoms in total. The molecular weight excluding hydrogens is 258 g/mol. The standard InChI is InChI=1S/C16H24ClNO/c1-4-18-12(3)7-11(2)8-14-10-15(17)9-13-5-6-19-16(13)14/h9-12,18H,4-8H2,1-3H3. The Balaban J connectivity index is 2.03. The van der Waals surface area contributed by atoms with E-state index in [2.05, 4.69) is 32.2 Å². The van der Waals surface area contributed by atoms with Gasteiger partial charge in [0.05, 0.1) is 6.61 Å². The molecule has 1 aliphatic rings. The van der Waals surface area contributed by atoms with Gasteiger partial charge in [-0.3, -0.25) is 0 Å². The lowest BCUT2D eigenvalue weighted by Crippen LogP contribution is -2.27. The Kier molecular flexibility index (Phi) is 5.12. The summed E-state index contributed by atoms with van der Waals surface area (Å²) in [6, 6.07) is 4.67. The SMILES string of the molecule is CCNC(C)CC(C)Cc1cc(Cl)cc2c1OCC2. The molecule has 0 bridgehead atoms. The van der Waals surface area contributed by atoms with E-state index in [4.69, 9.17) is 16.3 Å². The van der Waals surface area contributed by atoms with Crippen LogP contribution < -0.4 is 10.1 Å². The Morgan fingerprint density at radius 2 is 2.16 bits per heavy atom. The lowest BCUT2D eigenvalue weighted by molar-refractivity contribution is 0.349. The molecule has 0 aliphatic carbocycles. The van der Waals surface area contributed by atoms with E-state index >= 15 is 0 Å². The maximum Gasteiger partial charge on any atom is 0.125 e. The molecule has 0 saturated carbocycles. The number of hydrogen-bond donors (Lipinski definition) is 1. The fourth-order valence-corrected chi connectivity index (χ4v) is 3.26. The third kappa shape index (κ3) is 3.87. The predicted molar refractivity (Wildman–Crippen MR) is 81.3 cm³/mol. The van der Waals surface area contributed by atoms with Gasteiger partial charge in [-0.05, 0) is 55.5 Å². The number of benzene rings is 1. The van der Waals surface area contributed by atoms with Crippen LogP contribution in [0.2, 0.25) is 5.02 Å². The van der Waals surface area contributed by atoms with Crippen LogP contribution in [0.25, 0.3) is 0 Å². The van der Waals surface area contributed by atoms with E-state index in [-0.39, 0.29) is 0 Å². The minimum atomic E-state index is 0.563. The van der Waals surface area contributed by atoms with Crippen LogP contribution in [-0.4, -0.2) is 19.2 Å². The first-order chi connectivity index (χ1) is 9.10. The minimum Gasteiger partial charge on any atom is -0.493 e. The van der Waals surface area contributed by atoms with Gasteiger partial charge < -0.3 is 10.1 Å². The van der Waals surface area contributed by atoms with Crippen molar-refractivity contribution in [3.8, 4) is 5.75 Å². The van der Waals surface area contributed by atoms with E-state index in [1.165, 1.54) is 17.5 Å². The third-order valence-electron chi connectivity index (χ3n) is 3.70. The fraction of sp³-hybridized carbons (Fsp3) is 0.625. The fourth-order valence-electron chi connectivity index (χ4n) is 2.99. The van der Waals surface area contributed by atoms with Crippen LogP contribution in [0.4, 0.5) is 0 Å². The van der Waals surface area contributed by atoms with E-state index in [1.807, 2.05) is 6.07 Å². The Bertz CT molecular complexity index is 433. The first-order valence-electron chi connectivity index (χ1n) is 7.27. The number of nitrogens with one attached hydrogen (secondary N) is 1. The Hall–Kier alpha value is -0.730. The van der Waals surface area contributed by atoms with Crippen molar-refractivity contribution in [1.29, 1.82) is 0 Å². The van der Waals surface area contributed by atoms with Crippen LogP contribution in [0, 0.1) is 5.92 Å². The van der Waals surface area contributed by atoms with Gasteiger partial charge in [-0.1, -0.05) is 25.4 Å². The van der Waals surface area contributed by atoms with Gasteiger partial charge in [-0.25, -0.2) is 0 Å². The predicted octanol–water partition coefficient (Wildman–Crippen LogP) is 3.84. The van der Waals surface area contributed by atoms with Crippen molar-refractivity contribution in [3.05, 3.63) is 28.3 Å². The molecule has 1 aromatic rings. The summed E-state index contributed by atoms with van der Waals surface area (Å²) < 4.78 is 5.76. The van der Waals surface area contributed by atoms with Gasteiger partial charge in [-0.2, -0.15) is 0 Å². The Morgan fingerprint density at radius 1 is 1.37 bits per heavy atom. The molecule has 106 valence electrons. The highest BCUT2D eigenvalue weighted by molar-refractivity contribution is 6.30. The van der Waals surface area contributed by atoms with Crippen LogP contribution >= 0.6 is 11.6 Å². The van der Waals surface area contributed by atoms with Gasteiger partial charge in [-0.15, -0.1) is 0 Å². The second-order valence-corrected chi connectivity index (χ2v) is 6.09. The highest BCUT2D eigenvalue weighted by Crippen LogP contribution is 2.34. The summed E-state index contributed by atoms with van der Waals surface area (Å²) in [5.41, 5.74) is 2.55. The third-order valence-corrected chi connectivity index (χ3v) is 3.92. The monoisotopic (exact) mass is 281 g/mol. The largest absolute Gasteiger partial charge is 0.493 e. The molecule has 19 heavy (non-hydrogen) atoms. The normalized spacial score (nSPS) is 16.8. The molecule has 1 N–H and O–H groups in total. The van der Waals surface area contributed by atoms with Gasteiger partial charge in [0.15, 0.2) is 0 Å². The van der Waals surface area contributed by atoms with E-state index in [0.717, 1.165) is 36.8 Å². The summed E-state index contributed by atoms with van der Waals surface area (Å²) in [6.45, 7) is 8.53. The molecule has 2 atom stereocenters.